The SMILES string of the molecule is O=C(Nc1cc(Cl)ccc1OC1CCC(O)CC1)c1cnn2cc(O)cnc12. The lowest BCUT2D eigenvalue weighted by Gasteiger charge is -2.27. The summed E-state index contributed by atoms with van der Waals surface area (Å²) in [6.45, 7) is 0. The number of ether oxygens (including phenoxy) is 1. The molecule has 0 radical (unpaired) electrons. The van der Waals surface area contributed by atoms with Crippen molar-refractivity contribution in [1.82, 2.24) is 14.6 Å². The van der Waals surface area contributed by atoms with E-state index in [0.717, 1.165) is 12.8 Å². The maximum atomic E-state index is 12.8. The molecular formula is C19H19ClN4O4. The van der Waals surface area contributed by atoms with Crippen molar-refractivity contribution in [2.24, 2.45) is 0 Å². The number of amides is 1. The number of nitrogens with zero attached hydrogens (tertiary/aromatic N) is 3. The van der Waals surface area contributed by atoms with E-state index in [4.69, 9.17) is 16.3 Å². The molecule has 28 heavy (non-hydrogen) atoms. The molecule has 146 valence electrons. The van der Waals surface area contributed by atoms with Crippen LogP contribution in [0.3, 0.4) is 0 Å². The van der Waals surface area contributed by atoms with Crippen LogP contribution in [-0.2, 0) is 0 Å². The summed E-state index contributed by atoms with van der Waals surface area (Å²) in [4.78, 5) is 16.8. The molecule has 1 fully saturated rings. The highest BCUT2D eigenvalue weighted by atomic mass is 35.5. The zero-order valence-corrected chi connectivity index (χ0v) is 15.6. The largest absolute Gasteiger partial charge is 0.505 e. The molecule has 3 N–H and O–H groups in total. The Labute approximate surface area is 165 Å². The first-order chi connectivity index (χ1) is 13.5. The highest BCUT2D eigenvalue weighted by Gasteiger charge is 2.22. The Morgan fingerprint density at radius 2 is 2.04 bits per heavy atom. The van der Waals surface area contributed by atoms with E-state index >= 15 is 0 Å². The topological polar surface area (TPSA) is 109 Å². The third kappa shape index (κ3) is 3.88. The van der Waals surface area contributed by atoms with Crippen molar-refractivity contribution in [2.75, 3.05) is 5.32 Å². The Kier molecular flexibility index (Phi) is 5.06. The van der Waals surface area contributed by atoms with Gasteiger partial charge in [-0.2, -0.15) is 5.10 Å². The molecule has 1 aliphatic rings. The van der Waals surface area contributed by atoms with E-state index < -0.39 is 5.91 Å². The first-order valence-electron chi connectivity index (χ1n) is 8.97. The molecule has 0 spiro atoms. The minimum atomic E-state index is -0.417. The number of aliphatic hydroxyl groups excluding tert-OH is 1. The summed E-state index contributed by atoms with van der Waals surface area (Å²) in [7, 11) is 0. The fraction of sp³-hybridized carbons (Fsp3) is 0.316. The number of halogens is 1. The fourth-order valence-corrected chi connectivity index (χ4v) is 3.43. The molecule has 2 aromatic heterocycles. The zero-order valence-electron chi connectivity index (χ0n) is 14.9. The summed E-state index contributed by atoms with van der Waals surface area (Å²) < 4.78 is 7.38. The van der Waals surface area contributed by atoms with Crippen molar-refractivity contribution in [2.45, 2.75) is 37.9 Å². The summed E-state index contributed by atoms with van der Waals surface area (Å²) in [6.07, 6.45) is 6.58. The van der Waals surface area contributed by atoms with Crippen LogP contribution in [0.2, 0.25) is 5.02 Å². The molecule has 1 aromatic carbocycles. The van der Waals surface area contributed by atoms with E-state index in [9.17, 15) is 15.0 Å². The van der Waals surface area contributed by atoms with Gasteiger partial charge in [-0.25, -0.2) is 9.50 Å². The van der Waals surface area contributed by atoms with E-state index in [1.165, 1.54) is 23.1 Å². The molecule has 0 aliphatic heterocycles. The number of aromatic hydroxyl groups is 1. The van der Waals surface area contributed by atoms with E-state index in [1.807, 2.05) is 0 Å². The molecule has 9 heteroatoms. The second-order valence-corrected chi connectivity index (χ2v) is 7.22. The summed E-state index contributed by atoms with van der Waals surface area (Å²) >= 11 is 6.10. The van der Waals surface area contributed by atoms with Gasteiger partial charge < -0.3 is 20.3 Å². The predicted octanol–water partition coefficient (Wildman–Crippen LogP) is 3.02. The summed E-state index contributed by atoms with van der Waals surface area (Å²) in [6, 6.07) is 5.04. The van der Waals surface area contributed by atoms with E-state index in [-0.39, 0.29) is 23.5 Å². The van der Waals surface area contributed by atoms with Crippen LogP contribution in [0, 0.1) is 0 Å². The number of benzene rings is 1. The monoisotopic (exact) mass is 402 g/mol. The lowest BCUT2D eigenvalue weighted by molar-refractivity contribution is 0.0669. The maximum absolute atomic E-state index is 12.8. The number of anilines is 1. The molecule has 0 saturated heterocycles. The third-order valence-electron chi connectivity index (χ3n) is 4.71. The van der Waals surface area contributed by atoms with Crippen LogP contribution in [0.5, 0.6) is 11.5 Å². The quantitative estimate of drug-likeness (QED) is 0.619. The Bertz CT molecular complexity index is 1010. The highest BCUT2D eigenvalue weighted by Crippen LogP contribution is 2.32. The van der Waals surface area contributed by atoms with Crippen molar-refractivity contribution in [1.29, 1.82) is 0 Å². The van der Waals surface area contributed by atoms with Gasteiger partial charge in [-0.05, 0) is 43.9 Å². The van der Waals surface area contributed by atoms with E-state index in [0.29, 0.717) is 34.9 Å². The van der Waals surface area contributed by atoms with E-state index in [2.05, 4.69) is 15.4 Å². The van der Waals surface area contributed by atoms with Crippen molar-refractivity contribution in [3.8, 4) is 11.5 Å². The molecule has 2 heterocycles. The second kappa shape index (κ2) is 7.65. The van der Waals surface area contributed by atoms with Crippen LogP contribution in [0.4, 0.5) is 5.69 Å². The van der Waals surface area contributed by atoms with Crippen molar-refractivity contribution >= 4 is 28.8 Å². The highest BCUT2D eigenvalue weighted by molar-refractivity contribution is 6.31. The minimum Gasteiger partial charge on any atom is -0.505 e. The van der Waals surface area contributed by atoms with Crippen molar-refractivity contribution in [3.63, 3.8) is 0 Å². The smallest absolute Gasteiger partial charge is 0.261 e. The van der Waals surface area contributed by atoms with Crippen LogP contribution < -0.4 is 10.1 Å². The number of nitrogens with one attached hydrogen (secondary N) is 1. The zero-order chi connectivity index (χ0) is 19.7. The fourth-order valence-electron chi connectivity index (χ4n) is 3.26. The van der Waals surface area contributed by atoms with Crippen molar-refractivity contribution in [3.05, 3.63) is 47.4 Å². The Hall–Kier alpha value is -2.84. The summed E-state index contributed by atoms with van der Waals surface area (Å²) in [5, 5.41) is 26.4. The third-order valence-corrected chi connectivity index (χ3v) is 4.95. The number of carbonyl (C=O) groups is 1. The number of aromatic nitrogens is 3. The van der Waals surface area contributed by atoms with Gasteiger partial charge in [-0.1, -0.05) is 11.6 Å². The Balaban J connectivity index is 1.56. The molecule has 3 aromatic rings. The minimum absolute atomic E-state index is 0.0261. The standard InChI is InChI=1S/C19H19ClN4O4/c20-11-1-6-17(28-14-4-2-12(25)3-5-14)16(7-11)23-19(27)15-9-22-24-10-13(26)8-21-18(15)24/h1,6-10,12,14,25-26H,2-5H2,(H,23,27). The number of aliphatic hydroxyl groups is 1. The average molecular weight is 403 g/mol. The van der Waals surface area contributed by atoms with Crippen LogP contribution >= 0.6 is 11.6 Å². The van der Waals surface area contributed by atoms with E-state index in [1.54, 1.807) is 18.2 Å². The normalized spacial score (nSPS) is 19.5. The first-order valence-corrected chi connectivity index (χ1v) is 9.35. The predicted molar refractivity (Wildman–Crippen MR) is 103 cm³/mol. The number of hydrogen-bond acceptors (Lipinski definition) is 6. The van der Waals surface area contributed by atoms with Gasteiger partial charge in [0.1, 0.15) is 11.3 Å². The van der Waals surface area contributed by atoms with Gasteiger partial charge in [0.2, 0.25) is 0 Å². The molecule has 0 unspecified atom stereocenters. The molecule has 1 aliphatic carbocycles. The number of carbonyl (C=O) groups excluding carboxylic acids is 1. The van der Waals surface area contributed by atoms with Gasteiger partial charge in [0, 0.05) is 5.02 Å². The summed E-state index contributed by atoms with van der Waals surface area (Å²) in [5.41, 5.74) is 1.02. The van der Waals surface area contributed by atoms with Gasteiger partial charge in [-0.3, -0.25) is 4.79 Å². The van der Waals surface area contributed by atoms with Crippen LogP contribution in [0.15, 0.2) is 36.8 Å². The Morgan fingerprint density at radius 1 is 1.25 bits per heavy atom. The average Bonchev–Trinajstić information content (AvgIpc) is 3.08. The van der Waals surface area contributed by atoms with Gasteiger partial charge >= 0.3 is 0 Å². The summed E-state index contributed by atoms with van der Waals surface area (Å²) in [5.74, 6) is 0.0475. The number of rotatable bonds is 4. The van der Waals surface area contributed by atoms with Crippen molar-refractivity contribution < 1.29 is 19.7 Å². The molecule has 0 bridgehead atoms. The first kappa shape index (κ1) is 18.5. The van der Waals surface area contributed by atoms with Gasteiger partial charge in [0.25, 0.3) is 5.91 Å². The van der Waals surface area contributed by atoms with Gasteiger partial charge in [0.15, 0.2) is 11.4 Å². The van der Waals surface area contributed by atoms with Crippen LogP contribution in [0.25, 0.3) is 5.65 Å². The molecule has 1 saturated carbocycles. The van der Waals surface area contributed by atoms with Gasteiger partial charge in [-0.15, -0.1) is 0 Å². The number of hydrogen-bond donors (Lipinski definition) is 3. The number of fused-ring (bicyclic) bond motifs is 1. The Morgan fingerprint density at radius 3 is 2.82 bits per heavy atom. The molecule has 0 atom stereocenters. The molecular weight excluding hydrogens is 384 g/mol. The van der Waals surface area contributed by atoms with Crippen LogP contribution in [-0.4, -0.2) is 42.9 Å². The van der Waals surface area contributed by atoms with Gasteiger partial charge in [0.05, 0.1) is 36.5 Å². The maximum Gasteiger partial charge on any atom is 0.261 e. The second-order valence-electron chi connectivity index (χ2n) is 6.78. The lowest BCUT2D eigenvalue weighted by Crippen LogP contribution is -2.27. The lowest BCUT2D eigenvalue weighted by atomic mass is 9.95. The molecule has 8 nitrogen and oxygen atoms in total. The molecule has 1 amide bonds. The molecule has 4 rings (SSSR count). The van der Waals surface area contributed by atoms with Crippen LogP contribution in [0.1, 0.15) is 36.0 Å².